The van der Waals surface area contributed by atoms with Crippen LogP contribution in [0.5, 0.6) is 0 Å². The molecule has 1 N–H and O–H groups in total. The van der Waals surface area contributed by atoms with Gasteiger partial charge in [0.05, 0.1) is 6.61 Å². The number of carbonyl (C=O) groups is 2. The summed E-state index contributed by atoms with van der Waals surface area (Å²) in [5, 5.41) is 9.32. The Morgan fingerprint density at radius 2 is 2.22 bits per heavy atom. The van der Waals surface area contributed by atoms with Crippen molar-refractivity contribution in [3.63, 3.8) is 0 Å². The summed E-state index contributed by atoms with van der Waals surface area (Å²) >= 11 is 1.65. The average molecular weight is 335 g/mol. The summed E-state index contributed by atoms with van der Waals surface area (Å²) < 4.78 is 5.10. The van der Waals surface area contributed by atoms with E-state index in [4.69, 9.17) is 4.74 Å². The lowest BCUT2D eigenvalue weighted by molar-refractivity contribution is -0.151. The van der Waals surface area contributed by atoms with Gasteiger partial charge in [-0.25, -0.2) is 0 Å². The van der Waals surface area contributed by atoms with E-state index in [-0.39, 0.29) is 24.3 Å². The minimum Gasteiger partial charge on any atom is -0.481 e. The molecule has 5 nitrogen and oxygen atoms in total. The fourth-order valence-electron chi connectivity index (χ4n) is 3.46. The number of hydrogen-bond acceptors (Lipinski definition) is 4. The maximum Gasteiger partial charge on any atom is 0.313 e. The van der Waals surface area contributed by atoms with Crippen LogP contribution < -0.4 is 0 Å². The minimum atomic E-state index is -0.969. The first-order valence-corrected chi connectivity index (χ1v) is 8.83. The van der Waals surface area contributed by atoms with Gasteiger partial charge in [0.25, 0.3) is 0 Å². The van der Waals surface area contributed by atoms with Gasteiger partial charge in [-0.05, 0) is 29.7 Å². The van der Waals surface area contributed by atoms with E-state index >= 15 is 0 Å². The van der Waals surface area contributed by atoms with Crippen molar-refractivity contribution in [3.05, 3.63) is 35.4 Å². The monoisotopic (exact) mass is 335 g/mol. The first-order valence-electron chi connectivity index (χ1n) is 7.78. The predicted molar refractivity (Wildman–Crippen MR) is 88.5 cm³/mol. The third kappa shape index (κ3) is 2.97. The van der Waals surface area contributed by atoms with Gasteiger partial charge in [-0.3, -0.25) is 9.59 Å². The second-order valence-corrected chi connectivity index (χ2v) is 7.44. The Kier molecular flexibility index (Phi) is 4.64. The highest BCUT2D eigenvalue weighted by Crippen LogP contribution is 2.40. The Balaban J connectivity index is 1.79. The molecule has 2 aliphatic heterocycles. The molecule has 23 heavy (non-hydrogen) atoms. The number of fused-ring (bicyclic) bond motifs is 1. The summed E-state index contributed by atoms with van der Waals surface area (Å²) in [6.45, 7) is 0.850. The normalized spacial score (nSPS) is 26.8. The Morgan fingerprint density at radius 3 is 2.96 bits per heavy atom. The molecule has 6 heteroatoms. The van der Waals surface area contributed by atoms with Crippen LogP contribution >= 0.6 is 11.8 Å². The van der Waals surface area contributed by atoms with Gasteiger partial charge in [-0.15, -0.1) is 11.8 Å². The Morgan fingerprint density at radius 1 is 1.43 bits per heavy atom. The second kappa shape index (κ2) is 6.53. The third-order valence-corrected chi connectivity index (χ3v) is 5.99. The Labute approximate surface area is 140 Å². The molecule has 1 fully saturated rings. The van der Waals surface area contributed by atoms with Crippen molar-refractivity contribution in [3.8, 4) is 0 Å². The summed E-state index contributed by atoms with van der Waals surface area (Å²) in [6.07, 6.45) is 1.42. The van der Waals surface area contributed by atoms with Gasteiger partial charge in [0.15, 0.2) is 0 Å². The zero-order valence-corrected chi connectivity index (χ0v) is 14.0. The lowest BCUT2D eigenvalue weighted by atomic mass is 9.88. The molecule has 0 spiro atoms. The van der Waals surface area contributed by atoms with E-state index < -0.39 is 11.4 Å². The van der Waals surface area contributed by atoms with Crippen molar-refractivity contribution in [1.29, 1.82) is 0 Å². The van der Waals surface area contributed by atoms with Crippen LogP contribution in [0.4, 0.5) is 0 Å². The zero-order chi connectivity index (χ0) is 16.4. The molecule has 2 heterocycles. The number of aryl methyl sites for hydroxylation is 1. The van der Waals surface area contributed by atoms with E-state index in [9.17, 15) is 14.7 Å². The van der Waals surface area contributed by atoms with Gasteiger partial charge < -0.3 is 14.7 Å². The second-order valence-electron chi connectivity index (χ2n) is 6.23. The van der Waals surface area contributed by atoms with Crippen LogP contribution in [-0.4, -0.2) is 54.4 Å². The van der Waals surface area contributed by atoms with E-state index in [2.05, 4.69) is 6.07 Å². The molecule has 2 atom stereocenters. The lowest BCUT2D eigenvalue weighted by Crippen LogP contribution is -2.41. The van der Waals surface area contributed by atoms with E-state index in [0.717, 1.165) is 17.7 Å². The molecule has 0 aliphatic carbocycles. The molecule has 0 radical (unpaired) electrons. The van der Waals surface area contributed by atoms with Gasteiger partial charge >= 0.3 is 5.97 Å². The first-order chi connectivity index (χ1) is 11.1. The number of hydrogen-bond donors (Lipinski definition) is 1. The highest BCUT2D eigenvalue weighted by atomic mass is 32.2. The molecule has 1 aromatic carbocycles. The van der Waals surface area contributed by atoms with Crippen molar-refractivity contribution in [2.75, 3.05) is 32.6 Å². The number of carbonyl (C=O) groups excluding carboxylic acids is 1. The Hall–Kier alpha value is -1.53. The minimum absolute atomic E-state index is 0.0291. The van der Waals surface area contributed by atoms with Gasteiger partial charge in [0.1, 0.15) is 10.7 Å². The highest BCUT2D eigenvalue weighted by Gasteiger charge is 2.47. The number of carboxylic acids is 1. The van der Waals surface area contributed by atoms with E-state index in [0.29, 0.717) is 13.0 Å². The van der Waals surface area contributed by atoms with Crippen LogP contribution in [0.3, 0.4) is 0 Å². The van der Waals surface area contributed by atoms with Gasteiger partial charge in [0, 0.05) is 20.2 Å². The first kappa shape index (κ1) is 16.3. The summed E-state index contributed by atoms with van der Waals surface area (Å²) in [6, 6.07) is 8.05. The predicted octanol–water partition coefficient (Wildman–Crippen LogP) is 1.97. The van der Waals surface area contributed by atoms with Gasteiger partial charge in [-0.1, -0.05) is 24.3 Å². The number of thioether (sulfide) groups is 1. The number of nitrogens with zero attached hydrogens (tertiary/aromatic N) is 1. The standard InChI is InChI=1S/C17H21NO4S/c1-22-11-17(16(20)21)7-8-18(10-17)15(19)14-13-5-3-2-4-12(13)6-9-23-14/h2-5,14H,6-11H2,1H3,(H,20,21). The largest absolute Gasteiger partial charge is 0.481 e. The molecule has 2 unspecified atom stereocenters. The topological polar surface area (TPSA) is 66.8 Å². The maximum atomic E-state index is 12.9. The van der Waals surface area contributed by atoms with Crippen LogP contribution in [0.15, 0.2) is 24.3 Å². The molecular weight excluding hydrogens is 314 g/mol. The van der Waals surface area contributed by atoms with Crippen molar-refractivity contribution < 1.29 is 19.4 Å². The highest BCUT2D eigenvalue weighted by molar-refractivity contribution is 8.00. The summed E-state index contributed by atoms with van der Waals surface area (Å²) in [5.74, 6) is 0.0661. The number of rotatable bonds is 4. The number of benzene rings is 1. The van der Waals surface area contributed by atoms with Crippen LogP contribution in [-0.2, 0) is 20.7 Å². The Bertz CT molecular complexity index is 620. The number of methoxy groups -OCH3 is 1. The SMILES string of the molecule is COCC1(C(=O)O)CCN(C(=O)C2SCCc3ccccc32)C1. The molecule has 1 saturated heterocycles. The molecular formula is C17H21NO4S. The molecule has 124 valence electrons. The van der Waals surface area contributed by atoms with Crippen molar-refractivity contribution in [2.45, 2.75) is 18.1 Å². The summed E-state index contributed by atoms with van der Waals surface area (Å²) in [5.41, 5.74) is 1.34. The van der Waals surface area contributed by atoms with Crippen LogP contribution in [0.1, 0.15) is 22.8 Å². The molecule has 0 aromatic heterocycles. The van der Waals surface area contributed by atoms with Crippen LogP contribution in [0, 0.1) is 5.41 Å². The van der Waals surface area contributed by atoms with Gasteiger partial charge in [0.2, 0.25) is 5.91 Å². The quantitative estimate of drug-likeness (QED) is 0.911. The number of amides is 1. The van der Waals surface area contributed by atoms with Crippen LogP contribution in [0.2, 0.25) is 0 Å². The van der Waals surface area contributed by atoms with Crippen molar-refractivity contribution in [1.82, 2.24) is 4.90 Å². The third-order valence-electron chi connectivity index (χ3n) is 4.76. The molecule has 1 amide bonds. The van der Waals surface area contributed by atoms with E-state index in [1.165, 1.54) is 12.7 Å². The van der Waals surface area contributed by atoms with E-state index in [1.54, 1.807) is 16.7 Å². The number of aliphatic carboxylic acids is 1. The number of likely N-dealkylation sites (tertiary alicyclic amines) is 1. The zero-order valence-electron chi connectivity index (χ0n) is 13.2. The molecule has 3 rings (SSSR count). The molecule has 0 bridgehead atoms. The average Bonchev–Trinajstić information content (AvgIpc) is 3.00. The maximum absolute atomic E-state index is 12.9. The van der Waals surface area contributed by atoms with Crippen LogP contribution in [0.25, 0.3) is 0 Å². The number of ether oxygens (including phenoxy) is 1. The summed E-state index contributed by atoms with van der Waals surface area (Å²) in [7, 11) is 1.50. The molecule has 1 aromatic rings. The van der Waals surface area contributed by atoms with Crippen molar-refractivity contribution >= 4 is 23.6 Å². The molecule has 0 saturated carbocycles. The molecule has 2 aliphatic rings. The fraction of sp³-hybridized carbons (Fsp3) is 0.529. The lowest BCUT2D eigenvalue weighted by Gasteiger charge is -2.29. The summed E-state index contributed by atoms with van der Waals surface area (Å²) in [4.78, 5) is 26.3. The smallest absolute Gasteiger partial charge is 0.313 e. The van der Waals surface area contributed by atoms with Crippen molar-refractivity contribution in [2.24, 2.45) is 5.41 Å². The fourth-order valence-corrected chi connectivity index (χ4v) is 4.73. The van der Waals surface area contributed by atoms with E-state index in [1.807, 2.05) is 18.2 Å². The number of carboxylic acid groups (broad SMARTS) is 1. The van der Waals surface area contributed by atoms with Gasteiger partial charge in [-0.2, -0.15) is 0 Å².